The number of aryl methyl sites for hydroxylation is 2. The predicted octanol–water partition coefficient (Wildman–Crippen LogP) is 5.11. The highest BCUT2D eigenvalue weighted by atomic mass is 16.3. The number of unbranched alkanes of at least 4 members (excludes halogenated alkanes) is 5. The Bertz CT molecular complexity index is 495. The highest BCUT2D eigenvalue weighted by Crippen LogP contribution is 2.37. The van der Waals surface area contributed by atoms with E-state index in [1.807, 2.05) is 6.92 Å². The Hall–Kier alpha value is -0.860. The number of rotatable bonds is 10. The molecule has 0 radical (unpaired) electrons. The van der Waals surface area contributed by atoms with Crippen molar-refractivity contribution in [2.75, 3.05) is 6.61 Å². The normalized spacial score (nSPS) is 19.8. The Morgan fingerprint density at radius 2 is 1.92 bits per heavy atom. The van der Waals surface area contributed by atoms with Crippen LogP contribution in [0.2, 0.25) is 0 Å². The smallest absolute Gasteiger partial charge is 0.0608 e. The lowest BCUT2D eigenvalue weighted by molar-refractivity contribution is 0.189. The molecule has 1 aromatic rings. The van der Waals surface area contributed by atoms with Crippen LogP contribution in [0.1, 0.15) is 94.2 Å². The average molecular weight is 332 g/mol. The zero-order valence-electron chi connectivity index (χ0n) is 15.8. The molecule has 0 bridgehead atoms. The molecule has 0 aliphatic heterocycles. The first-order chi connectivity index (χ1) is 11.6. The fourth-order valence-electron chi connectivity index (χ4n) is 4.07. The van der Waals surface area contributed by atoms with Crippen molar-refractivity contribution >= 4 is 0 Å². The molecule has 24 heavy (non-hydrogen) atoms. The molecule has 0 spiro atoms. The summed E-state index contributed by atoms with van der Waals surface area (Å²) in [6, 6.07) is 7.12. The maximum absolute atomic E-state index is 9.47. The summed E-state index contributed by atoms with van der Waals surface area (Å²) in [4.78, 5) is 0. The Balaban J connectivity index is 1.90. The van der Waals surface area contributed by atoms with E-state index < -0.39 is 5.54 Å². The molecule has 2 nitrogen and oxygen atoms in total. The molecule has 0 unspecified atom stereocenters. The van der Waals surface area contributed by atoms with Crippen molar-refractivity contribution in [2.24, 2.45) is 5.73 Å². The van der Waals surface area contributed by atoms with E-state index in [4.69, 9.17) is 5.73 Å². The topological polar surface area (TPSA) is 46.2 Å². The highest BCUT2D eigenvalue weighted by molar-refractivity contribution is 5.37. The van der Waals surface area contributed by atoms with Crippen molar-refractivity contribution in [1.29, 1.82) is 0 Å². The summed E-state index contributed by atoms with van der Waals surface area (Å²) >= 11 is 0. The molecule has 0 saturated carbocycles. The zero-order chi connectivity index (χ0) is 17.4. The van der Waals surface area contributed by atoms with E-state index in [2.05, 4.69) is 25.1 Å². The van der Waals surface area contributed by atoms with Gasteiger partial charge in [-0.1, -0.05) is 57.2 Å². The summed E-state index contributed by atoms with van der Waals surface area (Å²) in [5.74, 6) is 0.513. The summed E-state index contributed by atoms with van der Waals surface area (Å²) < 4.78 is 0. The van der Waals surface area contributed by atoms with E-state index >= 15 is 0 Å². The van der Waals surface area contributed by atoms with E-state index in [-0.39, 0.29) is 6.61 Å². The predicted molar refractivity (Wildman–Crippen MR) is 103 cm³/mol. The third-order valence-electron chi connectivity index (χ3n) is 5.54. The van der Waals surface area contributed by atoms with Gasteiger partial charge >= 0.3 is 0 Å². The molecule has 0 amide bonds. The van der Waals surface area contributed by atoms with Crippen LogP contribution in [0, 0.1) is 0 Å². The molecule has 1 aliphatic rings. The number of fused-ring (bicyclic) bond motifs is 1. The third kappa shape index (κ3) is 5.89. The molecule has 0 heterocycles. The van der Waals surface area contributed by atoms with Gasteiger partial charge in [0.15, 0.2) is 0 Å². The molecule has 2 rings (SSSR count). The number of hydrogen-bond acceptors (Lipinski definition) is 2. The summed E-state index contributed by atoms with van der Waals surface area (Å²) in [6.45, 7) is 4.30. The number of hydrogen-bond donors (Lipinski definition) is 2. The van der Waals surface area contributed by atoms with E-state index in [1.54, 1.807) is 0 Å². The quantitative estimate of drug-likeness (QED) is 0.585. The van der Waals surface area contributed by atoms with Crippen molar-refractivity contribution in [2.45, 2.75) is 95.9 Å². The summed E-state index contributed by atoms with van der Waals surface area (Å²) in [7, 11) is 0. The summed E-state index contributed by atoms with van der Waals surface area (Å²) in [6.07, 6.45) is 13.9. The molecular formula is C22H37NO. The van der Waals surface area contributed by atoms with Gasteiger partial charge in [0.25, 0.3) is 0 Å². The van der Waals surface area contributed by atoms with Crippen molar-refractivity contribution in [3.8, 4) is 0 Å². The van der Waals surface area contributed by atoms with Crippen molar-refractivity contribution < 1.29 is 5.11 Å². The first kappa shape index (κ1) is 19.5. The monoisotopic (exact) mass is 331 g/mol. The molecule has 3 N–H and O–H groups in total. The molecule has 1 aliphatic carbocycles. The Morgan fingerprint density at radius 1 is 1.17 bits per heavy atom. The van der Waals surface area contributed by atoms with Crippen molar-refractivity contribution in [3.05, 3.63) is 34.9 Å². The molecule has 0 fully saturated rings. The van der Waals surface area contributed by atoms with Gasteiger partial charge in [-0.2, -0.15) is 0 Å². The molecule has 0 saturated heterocycles. The van der Waals surface area contributed by atoms with Crippen LogP contribution in [0.4, 0.5) is 0 Å². The number of aliphatic hydroxyl groups excluding tert-OH is 1. The third-order valence-corrected chi connectivity index (χ3v) is 5.54. The van der Waals surface area contributed by atoms with Crippen LogP contribution in [0.15, 0.2) is 18.2 Å². The van der Waals surface area contributed by atoms with Gasteiger partial charge in [0, 0.05) is 5.54 Å². The maximum Gasteiger partial charge on any atom is 0.0608 e. The first-order valence-corrected chi connectivity index (χ1v) is 10.1. The molecule has 2 atom stereocenters. The van der Waals surface area contributed by atoms with Crippen molar-refractivity contribution in [1.82, 2.24) is 0 Å². The molecule has 0 aromatic heterocycles. The zero-order valence-corrected chi connectivity index (χ0v) is 15.8. The summed E-state index contributed by atoms with van der Waals surface area (Å²) in [5.41, 5.74) is 10.3. The number of nitrogens with two attached hydrogens (primary N) is 1. The van der Waals surface area contributed by atoms with Crippen LogP contribution < -0.4 is 5.73 Å². The number of aliphatic hydroxyl groups is 1. The fourth-order valence-corrected chi connectivity index (χ4v) is 4.07. The molecule has 1 aromatic carbocycles. The molecule has 136 valence electrons. The lowest BCUT2D eigenvalue weighted by Crippen LogP contribution is -2.42. The lowest BCUT2D eigenvalue weighted by Gasteiger charge is -2.32. The highest BCUT2D eigenvalue weighted by Gasteiger charge is 2.27. The van der Waals surface area contributed by atoms with E-state index in [0.717, 1.165) is 6.42 Å². The SMILES string of the molecule is CCCCCCCCc1ccc2c(c1)CCC[C@H]2C[C@](C)(N)CO. The minimum atomic E-state index is -0.462. The second-order valence-corrected chi connectivity index (χ2v) is 8.16. The van der Waals surface area contributed by atoms with E-state index in [9.17, 15) is 5.11 Å². The maximum atomic E-state index is 9.47. The van der Waals surface area contributed by atoms with E-state index in [0.29, 0.717) is 5.92 Å². The Morgan fingerprint density at radius 3 is 2.67 bits per heavy atom. The Kier molecular flexibility index (Phi) is 7.77. The standard InChI is InChI=1S/C22H37NO/c1-3-4-5-6-7-8-10-18-13-14-21-19(15-18)11-9-12-20(21)16-22(2,23)17-24/h13-15,20,24H,3-12,16-17,23H2,1-2H3/t20-,22-/m0/s1. The van der Waals surface area contributed by atoms with Gasteiger partial charge in [0.05, 0.1) is 6.61 Å². The minimum Gasteiger partial charge on any atom is -0.394 e. The number of benzene rings is 1. The molecule has 2 heteroatoms. The summed E-state index contributed by atoms with van der Waals surface area (Å²) in [5, 5.41) is 9.47. The van der Waals surface area contributed by atoms with Crippen molar-refractivity contribution in [3.63, 3.8) is 0 Å². The fraction of sp³-hybridized carbons (Fsp3) is 0.727. The lowest BCUT2D eigenvalue weighted by atomic mass is 9.76. The van der Waals surface area contributed by atoms with Gasteiger partial charge < -0.3 is 10.8 Å². The van der Waals surface area contributed by atoms with Crippen LogP contribution >= 0.6 is 0 Å². The first-order valence-electron chi connectivity index (χ1n) is 10.1. The van der Waals surface area contributed by atoms with Gasteiger partial charge in [0.1, 0.15) is 0 Å². The van der Waals surface area contributed by atoms with Crippen LogP contribution in [-0.4, -0.2) is 17.3 Å². The van der Waals surface area contributed by atoms with Gasteiger partial charge in [-0.05, 0) is 68.1 Å². The second kappa shape index (κ2) is 9.58. The van der Waals surface area contributed by atoms with E-state index in [1.165, 1.54) is 80.9 Å². The average Bonchev–Trinajstić information content (AvgIpc) is 2.58. The largest absolute Gasteiger partial charge is 0.394 e. The van der Waals surface area contributed by atoms with Crippen LogP contribution in [0.5, 0.6) is 0 Å². The van der Waals surface area contributed by atoms with Crippen LogP contribution in [0.3, 0.4) is 0 Å². The minimum absolute atomic E-state index is 0.0644. The van der Waals surface area contributed by atoms with Crippen LogP contribution in [0.25, 0.3) is 0 Å². The molecular weight excluding hydrogens is 294 g/mol. The Labute approximate surface area is 148 Å². The van der Waals surface area contributed by atoms with Gasteiger partial charge in [0.2, 0.25) is 0 Å². The van der Waals surface area contributed by atoms with Gasteiger partial charge in [-0.15, -0.1) is 0 Å². The van der Waals surface area contributed by atoms with Gasteiger partial charge in [-0.25, -0.2) is 0 Å². The second-order valence-electron chi connectivity index (χ2n) is 8.16. The van der Waals surface area contributed by atoms with Gasteiger partial charge in [-0.3, -0.25) is 0 Å². The van der Waals surface area contributed by atoms with Crippen LogP contribution in [-0.2, 0) is 12.8 Å².